The minimum Gasteiger partial charge on any atom is -0.334 e. The SMILES string of the molecule is CCn1ccnc1CN(Cc1nc2ccc(F)cc2s1)C1CC12CCNCC2. The van der Waals surface area contributed by atoms with Crippen molar-refractivity contribution in [1.29, 1.82) is 0 Å². The molecule has 2 aromatic heterocycles. The Balaban J connectivity index is 1.41. The molecule has 1 spiro atoms. The van der Waals surface area contributed by atoms with Crippen LogP contribution in [0.15, 0.2) is 30.6 Å². The Morgan fingerprint density at radius 2 is 2.18 bits per heavy atom. The molecule has 1 atom stereocenters. The molecule has 1 aliphatic carbocycles. The highest BCUT2D eigenvalue weighted by Crippen LogP contribution is 2.56. The van der Waals surface area contributed by atoms with Crippen molar-refractivity contribution < 1.29 is 4.39 Å². The second kappa shape index (κ2) is 7.21. The number of aromatic nitrogens is 3. The highest BCUT2D eigenvalue weighted by Gasteiger charge is 2.56. The van der Waals surface area contributed by atoms with E-state index in [2.05, 4.69) is 32.9 Å². The average Bonchev–Trinajstić information content (AvgIpc) is 3.04. The minimum absolute atomic E-state index is 0.194. The van der Waals surface area contributed by atoms with E-state index < -0.39 is 0 Å². The van der Waals surface area contributed by atoms with Gasteiger partial charge in [-0.3, -0.25) is 4.90 Å². The number of nitrogens with zero attached hydrogens (tertiary/aromatic N) is 4. The number of rotatable bonds is 6. The third-order valence-electron chi connectivity index (χ3n) is 6.41. The average molecular weight is 400 g/mol. The van der Waals surface area contributed by atoms with E-state index in [1.54, 1.807) is 23.5 Å². The summed E-state index contributed by atoms with van der Waals surface area (Å²) >= 11 is 1.61. The van der Waals surface area contributed by atoms with Crippen LogP contribution in [-0.2, 0) is 19.6 Å². The van der Waals surface area contributed by atoms with Gasteiger partial charge in [-0.05, 0) is 62.9 Å². The number of fused-ring (bicyclic) bond motifs is 1. The smallest absolute Gasteiger partial charge is 0.124 e. The fraction of sp³-hybridized carbons (Fsp3) is 0.524. The highest BCUT2D eigenvalue weighted by atomic mass is 32.1. The zero-order valence-electron chi connectivity index (χ0n) is 16.2. The Morgan fingerprint density at radius 1 is 1.32 bits per heavy atom. The van der Waals surface area contributed by atoms with Crippen LogP contribution >= 0.6 is 11.3 Å². The number of hydrogen-bond acceptors (Lipinski definition) is 5. The summed E-state index contributed by atoms with van der Waals surface area (Å²) in [6.45, 7) is 6.97. The van der Waals surface area contributed by atoms with Gasteiger partial charge < -0.3 is 9.88 Å². The number of benzene rings is 1. The van der Waals surface area contributed by atoms with Gasteiger partial charge in [-0.1, -0.05) is 0 Å². The Bertz CT molecular complexity index is 974. The third-order valence-corrected chi connectivity index (χ3v) is 7.41. The largest absolute Gasteiger partial charge is 0.334 e. The van der Waals surface area contributed by atoms with Crippen LogP contribution in [-0.4, -0.2) is 38.6 Å². The van der Waals surface area contributed by atoms with E-state index in [1.807, 2.05) is 6.20 Å². The second-order valence-corrected chi connectivity index (χ2v) is 9.20. The molecule has 5 rings (SSSR count). The molecule has 3 aromatic rings. The van der Waals surface area contributed by atoms with Gasteiger partial charge in [0.2, 0.25) is 0 Å². The lowest BCUT2D eigenvalue weighted by Crippen LogP contribution is -2.36. The van der Waals surface area contributed by atoms with E-state index in [1.165, 1.54) is 25.3 Å². The summed E-state index contributed by atoms with van der Waals surface area (Å²) in [6.07, 6.45) is 7.72. The normalized spacial score (nSPS) is 21.0. The zero-order chi connectivity index (χ0) is 19.1. The predicted molar refractivity (Wildman–Crippen MR) is 110 cm³/mol. The van der Waals surface area contributed by atoms with Crippen molar-refractivity contribution >= 4 is 21.6 Å². The van der Waals surface area contributed by atoms with Crippen molar-refractivity contribution in [3.05, 3.63) is 47.2 Å². The molecule has 28 heavy (non-hydrogen) atoms. The van der Waals surface area contributed by atoms with E-state index >= 15 is 0 Å². The molecule has 1 saturated carbocycles. The molecule has 7 heteroatoms. The summed E-state index contributed by atoms with van der Waals surface area (Å²) < 4.78 is 16.7. The van der Waals surface area contributed by atoms with Crippen LogP contribution in [0.5, 0.6) is 0 Å². The standard InChI is InChI=1S/C21H26FN5S/c1-2-26-10-9-24-19(26)13-27(18-12-21(18)5-7-23-8-6-21)14-20-25-16-4-3-15(22)11-17(16)28-20/h3-4,9-11,18,23H,2,5-8,12-14H2,1H3. The van der Waals surface area contributed by atoms with Gasteiger partial charge in [-0.2, -0.15) is 0 Å². The van der Waals surface area contributed by atoms with Crippen LogP contribution in [0.2, 0.25) is 0 Å². The van der Waals surface area contributed by atoms with Crippen molar-refractivity contribution in [3.8, 4) is 0 Å². The van der Waals surface area contributed by atoms with Crippen molar-refractivity contribution in [1.82, 2.24) is 24.8 Å². The second-order valence-electron chi connectivity index (χ2n) is 8.09. The molecule has 1 saturated heterocycles. The maximum absolute atomic E-state index is 13.6. The van der Waals surface area contributed by atoms with Crippen LogP contribution in [0.4, 0.5) is 4.39 Å². The summed E-state index contributed by atoms with van der Waals surface area (Å²) in [7, 11) is 0. The highest BCUT2D eigenvalue weighted by molar-refractivity contribution is 7.18. The van der Waals surface area contributed by atoms with E-state index in [-0.39, 0.29) is 5.82 Å². The fourth-order valence-electron chi connectivity index (χ4n) is 4.73. The summed E-state index contributed by atoms with van der Waals surface area (Å²) in [4.78, 5) is 12.0. The van der Waals surface area contributed by atoms with E-state index in [0.717, 1.165) is 53.8 Å². The van der Waals surface area contributed by atoms with Gasteiger partial charge in [-0.25, -0.2) is 14.4 Å². The third kappa shape index (κ3) is 3.36. The summed E-state index contributed by atoms with van der Waals surface area (Å²) in [6, 6.07) is 5.45. The van der Waals surface area contributed by atoms with Crippen LogP contribution < -0.4 is 5.32 Å². The fourth-order valence-corrected chi connectivity index (χ4v) is 5.75. The van der Waals surface area contributed by atoms with Crippen molar-refractivity contribution in [2.24, 2.45) is 5.41 Å². The number of piperidine rings is 1. The summed E-state index contributed by atoms with van der Waals surface area (Å²) in [5.74, 6) is 0.922. The van der Waals surface area contributed by atoms with Gasteiger partial charge in [0, 0.05) is 25.0 Å². The van der Waals surface area contributed by atoms with Crippen LogP contribution in [0.25, 0.3) is 10.2 Å². The number of nitrogens with one attached hydrogen (secondary N) is 1. The molecule has 1 aromatic carbocycles. The molecule has 0 bridgehead atoms. The first-order valence-electron chi connectivity index (χ1n) is 10.2. The first-order chi connectivity index (χ1) is 13.7. The topological polar surface area (TPSA) is 46.0 Å². The molecule has 1 aliphatic heterocycles. The number of thiazole rings is 1. The minimum atomic E-state index is -0.194. The van der Waals surface area contributed by atoms with Crippen LogP contribution in [0.3, 0.4) is 0 Å². The molecular weight excluding hydrogens is 373 g/mol. The Hall–Kier alpha value is -1.83. The molecule has 5 nitrogen and oxygen atoms in total. The number of hydrogen-bond donors (Lipinski definition) is 1. The van der Waals surface area contributed by atoms with Crippen LogP contribution in [0.1, 0.15) is 37.0 Å². The van der Waals surface area contributed by atoms with Gasteiger partial charge in [-0.15, -0.1) is 11.3 Å². The first-order valence-corrected chi connectivity index (χ1v) is 11.0. The maximum Gasteiger partial charge on any atom is 0.124 e. The number of imidazole rings is 1. The van der Waals surface area contributed by atoms with Crippen molar-refractivity contribution in [2.75, 3.05) is 13.1 Å². The molecule has 0 radical (unpaired) electrons. The molecule has 1 N–H and O–H groups in total. The van der Waals surface area contributed by atoms with Gasteiger partial charge in [0.25, 0.3) is 0 Å². The summed E-state index contributed by atoms with van der Waals surface area (Å²) in [5.41, 5.74) is 1.35. The Labute approximate surface area is 168 Å². The van der Waals surface area contributed by atoms with E-state index in [4.69, 9.17) is 4.98 Å². The predicted octanol–water partition coefficient (Wildman–Crippen LogP) is 3.80. The molecular formula is C21H26FN5S. The molecule has 3 heterocycles. The van der Waals surface area contributed by atoms with Gasteiger partial charge in [0.05, 0.1) is 23.3 Å². The summed E-state index contributed by atoms with van der Waals surface area (Å²) in [5, 5.41) is 4.56. The van der Waals surface area contributed by atoms with Crippen molar-refractivity contribution in [3.63, 3.8) is 0 Å². The van der Waals surface area contributed by atoms with E-state index in [0.29, 0.717) is 11.5 Å². The van der Waals surface area contributed by atoms with Crippen LogP contribution in [0, 0.1) is 11.2 Å². The zero-order valence-corrected chi connectivity index (χ0v) is 17.0. The van der Waals surface area contributed by atoms with E-state index in [9.17, 15) is 4.39 Å². The lowest BCUT2D eigenvalue weighted by Gasteiger charge is -2.29. The maximum atomic E-state index is 13.6. The van der Waals surface area contributed by atoms with Gasteiger partial charge in [0.1, 0.15) is 16.6 Å². The monoisotopic (exact) mass is 399 g/mol. The Morgan fingerprint density at radius 3 is 3.00 bits per heavy atom. The lowest BCUT2D eigenvalue weighted by atomic mass is 9.93. The molecule has 2 aliphatic rings. The Kier molecular flexibility index (Phi) is 4.69. The van der Waals surface area contributed by atoms with Crippen molar-refractivity contribution in [2.45, 2.75) is 51.9 Å². The van der Waals surface area contributed by atoms with Gasteiger partial charge >= 0.3 is 0 Å². The number of aryl methyl sites for hydroxylation is 1. The molecule has 1 unspecified atom stereocenters. The first kappa shape index (κ1) is 18.2. The molecule has 0 amide bonds. The molecule has 148 valence electrons. The molecule has 2 fully saturated rings. The lowest BCUT2D eigenvalue weighted by molar-refractivity contribution is 0.182. The quantitative estimate of drug-likeness (QED) is 0.685. The number of halogens is 1. The van der Waals surface area contributed by atoms with Gasteiger partial charge in [0.15, 0.2) is 0 Å².